The average molecular weight is 255 g/mol. The van der Waals surface area contributed by atoms with Crippen LogP contribution in [0.3, 0.4) is 0 Å². The van der Waals surface area contributed by atoms with Gasteiger partial charge in [0.25, 0.3) is 0 Å². The van der Waals surface area contributed by atoms with E-state index in [1.54, 1.807) is 0 Å². The lowest BCUT2D eigenvalue weighted by Gasteiger charge is -2.41. The van der Waals surface area contributed by atoms with Gasteiger partial charge in [-0.25, -0.2) is 0 Å². The summed E-state index contributed by atoms with van der Waals surface area (Å²) in [6.45, 7) is 3.39. The van der Waals surface area contributed by atoms with Crippen LogP contribution in [0.15, 0.2) is 0 Å². The van der Waals surface area contributed by atoms with E-state index in [-0.39, 0.29) is 5.60 Å². The molecule has 17 heavy (non-hydrogen) atoms. The first-order chi connectivity index (χ1) is 8.20. The van der Waals surface area contributed by atoms with Crippen molar-refractivity contribution in [2.75, 3.05) is 18.1 Å². The summed E-state index contributed by atoms with van der Waals surface area (Å²) < 4.78 is 6.09. The minimum absolute atomic E-state index is 0.232. The molecule has 1 saturated carbocycles. The van der Waals surface area contributed by atoms with Gasteiger partial charge in [0.1, 0.15) is 0 Å². The first-order valence-electron chi connectivity index (χ1n) is 7.19. The van der Waals surface area contributed by atoms with E-state index in [4.69, 9.17) is 4.74 Å². The molecule has 1 N–H and O–H groups in total. The quantitative estimate of drug-likeness (QED) is 0.819. The molecule has 1 aliphatic carbocycles. The highest BCUT2D eigenvalue weighted by Crippen LogP contribution is 2.39. The van der Waals surface area contributed by atoms with E-state index in [0.29, 0.717) is 11.6 Å². The molecular weight excluding hydrogens is 230 g/mol. The maximum atomic E-state index is 6.09. The topological polar surface area (TPSA) is 21.3 Å². The van der Waals surface area contributed by atoms with Crippen molar-refractivity contribution in [2.24, 2.45) is 0 Å². The fraction of sp³-hybridized carbons (Fsp3) is 1.00. The predicted molar refractivity (Wildman–Crippen MR) is 73.7 cm³/mol. The number of rotatable bonds is 2. The van der Waals surface area contributed by atoms with E-state index in [9.17, 15) is 0 Å². The molecule has 0 bridgehead atoms. The second kappa shape index (κ2) is 4.75. The summed E-state index contributed by atoms with van der Waals surface area (Å²) in [6, 6.07) is 0.700. The second-order valence-corrected chi connectivity index (χ2v) is 7.54. The zero-order valence-electron chi connectivity index (χ0n) is 11.0. The average Bonchev–Trinajstić information content (AvgIpc) is 2.89. The Kier molecular flexibility index (Phi) is 3.44. The summed E-state index contributed by atoms with van der Waals surface area (Å²) in [4.78, 5) is 0. The Labute approximate surface area is 109 Å². The van der Waals surface area contributed by atoms with Crippen molar-refractivity contribution in [3.8, 4) is 0 Å². The van der Waals surface area contributed by atoms with Gasteiger partial charge in [-0.2, -0.15) is 11.8 Å². The number of nitrogens with one attached hydrogen (secondary N) is 1. The summed E-state index contributed by atoms with van der Waals surface area (Å²) in [5, 5.41) is 3.96. The van der Waals surface area contributed by atoms with Crippen LogP contribution in [0.4, 0.5) is 0 Å². The van der Waals surface area contributed by atoms with Crippen LogP contribution in [0.5, 0.6) is 0 Å². The first-order valence-corrected chi connectivity index (χ1v) is 8.35. The van der Waals surface area contributed by atoms with Crippen LogP contribution >= 0.6 is 11.8 Å². The van der Waals surface area contributed by atoms with E-state index in [2.05, 4.69) is 24.0 Å². The SMILES string of the molecule is CC1(NC2CCOC3(CCSC3)C2)CCCC1. The van der Waals surface area contributed by atoms with Crippen molar-refractivity contribution in [1.29, 1.82) is 0 Å². The van der Waals surface area contributed by atoms with E-state index in [1.165, 1.54) is 56.5 Å². The van der Waals surface area contributed by atoms with Crippen molar-refractivity contribution in [3.63, 3.8) is 0 Å². The molecule has 0 radical (unpaired) electrons. The molecule has 98 valence electrons. The Morgan fingerprint density at radius 2 is 2.06 bits per heavy atom. The summed E-state index contributed by atoms with van der Waals surface area (Å²) >= 11 is 2.07. The van der Waals surface area contributed by atoms with Crippen molar-refractivity contribution in [3.05, 3.63) is 0 Å². The highest BCUT2D eigenvalue weighted by atomic mass is 32.2. The molecule has 2 saturated heterocycles. The maximum Gasteiger partial charge on any atom is 0.0795 e. The lowest BCUT2D eigenvalue weighted by molar-refractivity contribution is -0.0732. The Balaban J connectivity index is 1.60. The molecular formula is C14H25NOS. The lowest BCUT2D eigenvalue weighted by Crippen LogP contribution is -2.53. The predicted octanol–water partition coefficient (Wildman–Crippen LogP) is 2.96. The van der Waals surface area contributed by atoms with Gasteiger partial charge in [0.15, 0.2) is 0 Å². The van der Waals surface area contributed by atoms with Crippen molar-refractivity contribution < 1.29 is 4.74 Å². The molecule has 0 amide bonds. The van der Waals surface area contributed by atoms with E-state index in [0.717, 1.165) is 6.61 Å². The minimum atomic E-state index is 0.232. The summed E-state index contributed by atoms with van der Waals surface area (Å²) in [5.41, 5.74) is 0.657. The second-order valence-electron chi connectivity index (χ2n) is 6.44. The first kappa shape index (κ1) is 12.3. The van der Waals surface area contributed by atoms with Crippen LogP contribution in [0.2, 0.25) is 0 Å². The number of ether oxygens (including phenoxy) is 1. The maximum absolute atomic E-state index is 6.09. The van der Waals surface area contributed by atoms with Crippen LogP contribution in [0, 0.1) is 0 Å². The fourth-order valence-electron chi connectivity index (χ4n) is 3.81. The van der Waals surface area contributed by atoms with Gasteiger partial charge in [-0.15, -0.1) is 0 Å². The smallest absolute Gasteiger partial charge is 0.0795 e. The lowest BCUT2D eigenvalue weighted by atomic mass is 9.87. The van der Waals surface area contributed by atoms with Crippen LogP contribution in [-0.4, -0.2) is 35.3 Å². The van der Waals surface area contributed by atoms with Crippen LogP contribution < -0.4 is 5.32 Å². The van der Waals surface area contributed by atoms with Crippen molar-refractivity contribution in [2.45, 2.75) is 69.1 Å². The van der Waals surface area contributed by atoms with Crippen LogP contribution in [0.1, 0.15) is 51.9 Å². The summed E-state index contributed by atoms with van der Waals surface area (Å²) in [6.07, 6.45) is 9.28. The van der Waals surface area contributed by atoms with Gasteiger partial charge in [-0.1, -0.05) is 12.8 Å². The normalized spacial score (nSPS) is 41.1. The van der Waals surface area contributed by atoms with Gasteiger partial charge >= 0.3 is 0 Å². The highest BCUT2D eigenvalue weighted by Gasteiger charge is 2.42. The molecule has 2 nitrogen and oxygen atoms in total. The Morgan fingerprint density at radius 1 is 1.24 bits per heavy atom. The molecule has 2 atom stereocenters. The zero-order valence-corrected chi connectivity index (χ0v) is 11.8. The molecule has 0 aromatic rings. The van der Waals surface area contributed by atoms with Crippen molar-refractivity contribution >= 4 is 11.8 Å². The van der Waals surface area contributed by atoms with Gasteiger partial charge in [0.2, 0.25) is 0 Å². The van der Waals surface area contributed by atoms with Gasteiger partial charge in [-0.05, 0) is 44.8 Å². The largest absolute Gasteiger partial charge is 0.374 e. The molecule has 2 heterocycles. The molecule has 3 rings (SSSR count). The third kappa shape index (κ3) is 2.66. The zero-order chi connectivity index (χ0) is 11.8. The number of hydrogen-bond acceptors (Lipinski definition) is 3. The van der Waals surface area contributed by atoms with Crippen molar-refractivity contribution in [1.82, 2.24) is 5.32 Å². The third-order valence-electron chi connectivity index (χ3n) is 4.82. The van der Waals surface area contributed by atoms with Crippen LogP contribution in [-0.2, 0) is 4.74 Å². The molecule has 0 aromatic carbocycles. The molecule has 0 aromatic heterocycles. The van der Waals surface area contributed by atoms with E-state index < -0.39 is 0 Å². The Bertz CT molecular complexity index is 267. The summed E-state index contributed by atoms with van der Waals surface area (Å²) in [7, 11) is 0. The van der Waals surface area contributed by atoms with Gasteiger partial charge < -0.3 is 10.1 Å². The molecule has 3 heteroatoms. The molecule has 2 aliphatic heterocycles. The highest BCUT2D eigenvalue weighted by molar-refractivity contribution is 7.99. The number of thioether (sulfide) groups is 1. The van der Waals surface area contributed by atoms with Gasteiger partial charge in [0.05, 0.1) is 5.60 Å². The van der Waals surface area contributed by atoms with Gasteiger partial charge in [-0.3, -0.25) is 0 Å². The molecule has 3 fully saturated rings. The third-order valence-corrected chi connectivity index (χ3v) is 6.04. The molecule has 1 spiro atoms. The molecule has 2 unspecified atom stereocenters. The van der Waals surface area contributed by atoms with E-state index in [1.807, 2.05) is 0 Å². The fourth-order valence-corrected chi connectivity index (χ4v) is 5.18. The standard InChI is InChI=1S/C14H25NOS/c1-13(5-2-3-6-13)15-12-4-8-16-14(10-12)7-9-17-11-14/h12,15H,2-11H2,1H3. The Morgan fingerprint density at radius 3 is 2.76 bits per heavy atom. The van der Waals surface area contributed by atoms with E-state index >= 15 is 0 Å². The van der Waals surface area contributed by atoms with Crippen LogP contribution in [0.25, 0.3) is 0 Å². The van der Waals surface area contributed by atoms with Gasteiger partial charge in [0, 0.05) is 23.9 Å². The molecule has 3 aliphatic rings. The Hall–Kier alpha value is 0.270. The monoisotopic (exact) mass is 255 g/mol. The minimum Gasteiger partial charge on any atom is -0.374 e. The number of hydrogen-bond donors (Lipinski definition) is 1. The summed E-state index contributed by atoms with van der Waals surface area (Å²) in [5.74, 6) is 2.52.